The summed E-state index contributed by atoms with van der Waals surface area (Å²) in [5.74, 6) is -0.493. The van der Waals surface area contributed by atoms with Crippen molar-refractivity contribution in [3.63, 3.8) is 0 Å². The standard InChI is InChI=1S/C11H12F3NO2/c1-15(2)7-10(16)8-3-5-9(6-4-8)17-11(12,13)14/h3-6H,7H2,1-2H3. The molecule has 0 saturated heterocycles. The van der Waals surface area contributed by atoms with Gasteiger partial charge in [-0.2, -0.15) is 0 Å². The van der Waals surface area contributed by atoms with E-state index in [2.05, 4.69) is 4.74 Å². The summed E-state index contributed by atoms with van der Waals surface area (Å²) in [6.07, 6.45) is -4.71. The number of halogens is 3. The summed E-state index contributed by atoms with van der Waals surface area (Å²) in [4.78, 5) is 13.2. The average molecular weight is 247 g/mol. The quantitative estimate of drug-likeness (QED) is 0.765. The Labute approximate surface area is 96.8 Å². The van der Waals surface area contributed by atoms with Crippen LogP contribution in [0.5, 0.6) is 5.75 Å². The molecule has 94 valence electrons. The molecule has 0 aromatic heterocycles. The number of nitrogens with zero attached hydrogens (tertiary/aromatic N) is 1. The van der Waals surface area contributed by atoms with Crippen molar-refractivity contribution in [3.05, 3.63) is 29.8 Å². The lowest BCUT2D eigenvalue weighted by Crippen LogP contribution is -2.21. The number of ketones is 1. The van der Waals surface area contributed by atoms with Crippen LogP contribution in [0.25, 0.3) is 0 Å². The molecule has 0 fully saturated rings. The molecule has 0 N–H and O–H groups in total. The lowest BCUT2D eigenvalue weighted by atomic mass is 10.1. The van der Waals surface area contributed by atoms with E-state index in [4.69, 9.17) is 0 Å². The molecule has 0 saturated carbocycles. The Bertz CT molecular complexity index is 385. The highest BCUT2D eigenvalue weighted by molar-refractivity contribution is 5.97. The van der Waals surface area contributed by atoms with Gasteiger partial charge in [0.15, 0.2) is 5.78 Å². The van der Waals surface area contributed by atoms with Crippen molar-refractivity contribution in [1.82, 2.24) is 4.90 Å². The summed E-state index contributed by atoms with van der Waals surface area (Å²) in [5, 5.41) is 0. The predicted molar refractivity (Wildman–Crippen MR) is 56.0 cm³/mol. The van der Waals surface area contributed by atoms with E-state index in [9.17, 15) is 18.0 Å². The Balaban J connectivity index is 2.71. The smallest absolute Gasteiger partial charge is 0.406 e. The summed E-state index contributed by atoms with van der Waals surface area (Å²) in [7, 11) is 3.47. The average Bonchev–Trinajstić information content (AvgIpc) is 2.15. The van der Waals surface area contributed by atoms with Crippen LogP contribution in [0, 0.1) is 0 Å². The van der Waals surface area contributed by atoms with Crippen LogP contribution in [-0.4, -0.2) is 37.7 Å². The molecule has 0 aliphatic heterocycles. The fourth-order valence-corrected chi connectivity index (χ4v) is 1.22. The molecule has 0 atom stereocenters. The van der Waals surface area contributed by atoms with Gasteiger partial charge in [0.25, 0.3) is 0 Å². The van der Waals surface area contributed by atoms with Crippen LogP contribution in [0.4, 0.5) is 13.2 Å². The van der Waals surface area contributed by atoms with E-state index >= 15 is 0 Å². The van der Waals surface area contributed by atoms with Crippen molar-refractivity contribution in [2.24, 2.45) is 0 Å². The number of hydrogen-bond donors (Lipinski definition) is 0. The molecule has 1 aromatic carbocycles. The number of benzene rings is 1. The number of hydrogen-bond acceptors (Lipinski definition) is 3. The van der Waals surface area contributed by atoms with E-state index < -0.39 is 6.36 Å². The molecule has 0 spiro atoms. The third kappa shape index (κ3) is 4.86. The Morgan fingerprint density at radius 3 is 2.18 bits per heavy atom. The topological polar surface area (TPSA) is 29.5 Å². The maximum absolute atomic E-state index is 11.9. The van der Waals surface area contributed by atoms with E-state index in [1.54, 1.807) is 19.0 Å². The van der Waals surface area contributed by atoms with Gasteiger partial charge < -0.3 is 9.64 Å². The van der Waals surface area contributed by atoms with Crippen molar-refractivity contribution in [1.29, 1.82) is 0 Å². The van der Waals surface area contributed by atoms with Crippen molar-refractivity contribution in [2.75, 3.05) is 20.6 Å². The van der Waals surface area contributed by atoms with Crippen LogP contribution in [-0.2, 0) is 0 Å². The Hall–Kier alpha value is -1.56. The number of carbonyl (C=O) groups excluding carboxylic acids is 1. The lowest BCUT2D eigenvalue weighted by Gasteiger charge is -2.10. The second-order valence-electron chi connectivity index (χ2n) is 3.73. The van der Waals surface area contributed by atoms with Crippen LogP contribution in [0.15, 0.2) is 24.3 Å². The van der Waals surface area contributed by atoms with Gasteiger partial charge in [-0.3, -0.25) is 4.79 Å². The molecule has 0 radical (unpaired) electrons. The molecule has 1 rings (SSSR count). The van der Waals surface area contributed by atoms with E-state index in [0.717, 1.165) is 12.1 Å². The van der Waals surface area contributed by atoms with Crippen LogP contribution in [0.1, 0.15) is 10.4 Å². The summed E-state index contributed by atoms with van der Waals surface area (Å²) in [6, 6.07) is 4.87. The molecule has 0 amide bonds. The number of likely N-dealkylation sites (N-methyl/N-ethyl adjacent to an activating group) is 1. The van der Waals surface area contributed by atoms with Crippen LogP contribution < -0.4 is 4.74 Å². The second-order valence-corrected chi connectivity index (χ2v) is 3.73. The fraction of sp³-hybridized carbons (Fsp3) is 0.364. The fourth-order valence-electron chi connectivity index (χ4n) is 1.22. The molecule has 17 heavy (non-hydrogen) atoms. The van der Waals surface area contributed by atoms with Gasteiger partial charge in [0.05, 0.1) is 6.54 Å². The molecular formula is C11H12F3NO2. The highest BCUT2D eigenvalue weighted by Crippen LogP contribution is 2.22. The van der Waals surface area contributed by atoms with Crippen molar-refractivity contribution in [2.45, 2.75) is 6.36 Å². The molecule has 0 aliphatic rings. The van der Waals surface area contributed by atoms with Gasteiger partial charge in [-0.1, -0.05) is 0 Å². The van der Waals surface area contributed by atoms with Gasteiger partial charge in [0.2, 0.25) is 0 Å². The largest absolute Gasteiger partial charge is 0.573 e. The first-order valence-electron chi connectivity index (χ1n) is 4.81. The molecule has 0 unspecified atom stereocenters. The van der Waals surface area contributed by atoms with Crippen LogP contribution >= 0.6 is 0 Å². The van der Waals surface area contributed by atoms with Gasteiger partial charge in [-0.05, 0) is 38.4 Å². The number of ether oxygens (including phenoxy) is 1. The van der Waals surface area contributed by atoms with Gasteiger partial charge in [0, 0.05) is 5.56 Å². The van der Waals surface area contributed by atoms with Gasteiger partial charge in [-0.15, -0.1) is 13.2 Å². The first kappa shape index (κ1) is 13.5. The van der Waals surface area contributed by atoms with Crippen LogP contribution in [0.3, 0.4) is 0 Å². The third-order valence-corrected chi connectivity index (χ3v) is 1.87. The third-order valence-electron chi connectivity index (χ3n) is 1.87. The van der Waals surface area contributed by atoms with Gasteiger partial charge >= 0.3 is 6.36 Å². The zero-order valence-electron chi connectivity index (χ0n) is 9.41. The Morgan fingerprint density at radius 1 is 1.24 bits per heavy atom. The zero-order chi connectivity index (χ0) is 13.1. The summed E-state index contributed by atoms with van der Waals surface area (Å²) < 4.78 is 39.3. The van der Waals surface area contributed by atoms with Crippen molar-refractivity contribution < 1.29 is 22.7 Å². The summed E-state index contributed by atoms with van der Waals surface area (Å²) in [6.45, 7) is 0.208. The minimum absolute atomic E-state index is 0.159. The van der Waals surface area contributed by atoms with E-state index in [1.807, 2.05) is 0 Å². The normalized spacial score (nSPS) is 11.6. The minimum atomic E-state index is -4.71. The SMILES string of the molecule is CN(C)CC(=O)c1ccc(OC(F)(F)F)cc1. The zero-order valence-corrected chi connectivity index (χ0v) is 9.41. The number of alkyl halides is 3. The first-order chi connectivity index (χ1) is 7.78. The molecular weight excluding hydrogens is 235 g/mol. The second kappa shape index (κ2) is 5.18. The highest BCUT2D eigenvalue weighted by Gasteiger charge is 2.31. The monoisotopic (exact) mass is 247 g/mol. The van der Waals surface area contributed by atoms with Gasteiger partial charge in [0.1, 0.15) is 5.75 Å². The maximum atomic E-state index is 11.9. The Morgan fingerprint density at radius 2 is 1.76 bits per heavy atom. The molecule has 3 nitrogen and oxygen atoms in total. The summed E-state index contributed by atoms with van der Waals surface area (Å²) >= 11 is 0. The maximum Gasteiger partial charge on any atom is 0.573 e. The molecule has 6 heteroatoms. The first-order valence-corrected chi connectivity index (χ1v) is 4.81. The van der Waals surface area contributed by atoms with E-state index in [0.29, 0.717) is 5.56 Å². The Kier molecular flexibility index (Phi) is 4.11. The van der Waals surface area contributed by atoms with Gasteiger partial charge in [-0.25, -0.2) is 0 Å². The predicted octanol–water partition coefficient (Wildman–Crippen LogP) is 2.33. The molecule has 0 heterocycles. The summed E-state index contributed by atoms with van der Waals surface area (Å²) in [5.41, 5.74) is 0.355. The van der Waals surface area contributed by atoms with Crippen LogP contribution in [0.2, 0.25) is 0 Å². The minimum Gasteiger partial charge on any atom is -0.406 e. The van der Waals surface area contributed by atoms with Crippen molar-refractivity contribution >= 4 is 5.78 Å². The van der Waals surface area contributed by atoms with Crippen molar-refractivity contribution in [3.8, 4) is 5.75 Å². The van der Waals surface area contributed by atoms with E-state index in [-0.39, 0.29) is 18.1 Å². The number of Topliss-reactive ketones (excluding diaryl/α,β-unsaturated/α-hetero) is 1. The molecule has 0 aliphatic carbocycles. The molecule has 1 aromatic rings. The number of rotatable bonds is 4. The van der Waals surface area contributed by atoms with E-state index in [1.165, 1.54) is 12.1 Å². The number of carbonyl (C=O) groups is 1. The highest BCUT2D eigenvalue weighted by atomic mass is 19.4. The lowest BCUT2D eigenvalue weighted by molar-refractivity contribution is -0.274. The molecule has 0 bridgehead atoms.